The highest BCUT2D eigenvalue weighted by Crippen LogP contribution is 2.18. The average molecular weight is 646 g/mol. The van der Waals surface area contributed by atoms with Crippen LogP contribution in [-0.4, -0.2) is 102 Å². The first kappa shape index (κ1) is 36.7. The van der Waals surface area contributed by atoms with Crippen LogP contribution in [0.15, 0.2) is 72.8 Å². The summed E-state index contributed by atoms with van der Waals surface area (Å²) in [6, 6.07) is 19.3. The number of hydrogen-bond donors (Lipinski definition) is 4. The molecule has 0 saturated carbocycles. The number of amides is 4. The van der Waals surface area contributed by atoms with Crippen molar-refractivity contribution in [1.29, 1.82) is 0 Å². The number of benzene rings is 3. The minimum Gasteiger partial charge on any atom is -0.508 e. The molecule has 11 heteroatoms. The van der Waals surface area contributed by atoms with Gasteiger partial charge in [-0.05, 0) is 60.7 Å². The van der Waals surface area contributed by atoms with Crippen molar-refractivity contribution < 1.29 is 29.4 Å². The third-order valence-corrected chi connectivity index (χ3v) is 7.53. The summed E-state index contributed by atoms with van der Waals surface area (Å²) in [5.74, 6) is -1.40. The standard InChI is InChI=1S/C36H47N5O6/c1-6-17-41(18-7-2)36(47)29-22-27(21-28(23-29)35(46)39(3)4)34(45)37-31(19-26-13-15-30(42)16-14-26)32(43)24-40(5)38-33(44)20-25-11-9-8-10-12-25/h8-16,21-23,31-32,42-43H,6-7,17-20,24H2,1-5H3,(H,37,45)(H,38,44). The van der Waals surface area contributed by atoms with Crippen LogP contribution in [-0.2, 0) is 17.6 Å². The van der Waals surface area contributed by atoms with Gasteiger partial charge < -0.3 is 25.3 Å². The van der Waals surface area contributed by atoms with Crippen molar-refractivity contribution in [2.75, 3.05) is 40.8 Å². The van der Waals surface area contributed by atoms with Crippen molar-refractivity contribution in [3.8, 4) is 5.75 Å². The second-order valence-corrected chi connectivity index (χ2v) is 11.9. The van der Waals surface area contributed by atoms with Crippen molar-refractivity contribution in [1.82, 2.24) is 25.6 Å². The van der Waals surface area contributed by atoms with E-state index in [9.17, 15) is 29.4 Å². The Morgan fingerprint density at radius 2 is 1.34 bits per heavy atom. The largest absolute Gasteiger partial charge is 0.508 e. The zero-order chi connectivity index (χ0) is 34.5. The van der Waals surface area contributed by atoms with Gasteiger partial charge in [-0.15, -0.1) is 0 Å². The molecular formula is C36H47N5O6. The molecule has 252 valence electrons. The molecule has 2 unspecified atom stereocenters. The Hall–Kier alpha value is -4.74. The molecular weight excluding hydrogens is 598 g/mol. The van der Waals surface area contributed by atoms with Crippen LogP contribution in [0.5, 0.6) is 5.75 Å². The van der Waals surface area contributed by atoms with Crippen molar-refractivity contribution in [3.05, 3.63) is 101 Å². The number of nitrogens with one attached hydrogen (secondary N) is 2. The summed E-state index contributed by atoms with van der Waals surface area (Å²) in [5, 5.41) is 25.5. The molecule has 4 N–H and O–H groups in total. The van der Waals surface area contributed by atoms with Gasteiger partial charge in [0.1, 0.15) is 5.75 Å². The molecule has 11 nitrogen and oxygen atoms in total. The quantitative estimate of drug-likeness (QED) is 0.175. The van der Waals surface area contributed by atoms with E-state index in [0.717, 1.165) is 24.0 Å². The number of phenols is 1. The summed E-state index contributed by atoms with van der Waals surface area (Å²) in [6.45, 7) is 5.02. The monoisotopic (exact) mass is 645 g/mol. The van der Waals surface area contributed by atoms with E-state index in [0.29, 0.717) is 13.1 Å². The van der Waals surface area contributed by atoms with Crippen LogP contribution >= 0.6 is 0 Å². The van der Waals surface area contributed by atoms with Gasteiger partial charge in [-0.3, -0.25) is 24.6 Å². The maximum atomic E-state index is 13.8. The summed E-state index contributed by atoms with van der Waals surface area (Å²) in [7, 11) is 4.81. The molecule has 4 amide bonds. The number of hydrazine groups is 1. The lowest BCUT2D eigenvalue weighted by Crippen LogP contribution is -2.52. The molecule has 47 heavy (non-hydrogen) atoms. The molecule has 3 aromatic rings. The highest BCUT2D eigenvalue weighted by atomic mass is 16.3. The van der Waals surface area contributed by atoms with Gasteiger partial charge >= 0.3 is 0 Å². The lowest BCUT2D eigenvalue weighted by Gasteiger charge is -2.28. The summed E-state index contributed by atoms with van der Waals surface area (Å²) >= 11 is 0. The third kappa shape index (κ3) is 11.2. The number of hydrogen-bond acceptors (Lipinski definition) is 7. The Morgan fingerprint density at radius 3 is 1.91 bits per heavy atom. The first-order valence-electron chi connectivity index (χ1n) is 15.9. The normalized spacial score (nSPS) is 12.2. The summed E-state index contributed by atoms with van der Waals surface area (Å²) < 4.78 is 0. The lowest BCUT2D eigenvalue weighted by molar-refractivity contribution is -0.125. The molecule has 0 aliphatic rings. The van der Waals surface area contributed by atoms with Crippen LogP contribution in [0.1, 0.15) is 68.9 Å². The van der Waals surface area contributed by atoms with Gasteiger partial charge in [0, 0.05) is 57.5 Å². The van der Waals surface area contributed by atoms with Gasteiger partial charge in [0.15, 0.2) is 0 Å². The van der Waals surface area contributed by atoms with E-state index < -0.39 is 18.1 Å². The second-order valence-electron chi connectivity index (χ2n) is 11.9. The van der Waals surface area contributed by atoms with Gasteiger partial charge in [0.2, 0.25) is 5.91 Å². The first-order valence-corrected chi connectivity index (χ1v) is 15.9. The molecule has 0 bridgehead atoms. The summed E-state index contributed by atoms with van der Waals surface area (Å²) in [5.41, 5.74) is 4.85. The number of carbonyl (C=O) groups is 4. The molecule has 0 fully saturated rings. The highest BCUT2D eigenvalue weighted by molar-refractivity contribution is 6.04. The molecule has 0 radical (unpaired) electrons. The van der Waals surface area contributed by atoms with E-state index >= 15 is 0 Å². The van der Waals surface area contributed by atoms with E-state index in [4.69, 9.17) is 0 Å². The fourth-order valence-corrected chi connectivity index (χ4v) is 5.21. The van der Waals surface area contributed by atoms with E-state index in [-0.39, 0.29) is 59.5 Å². The molecule has 0 spiro atoms. The fraction of sp³-hybridized carbons (Fsp3) is 0.389. The molecule has 3 aromatic carbocycles. The minimum absolute atomic E-state index is 0.0184. The highest BCUT2D eigenvalue weighted by Gasteiger charge is 2.26. The molecule has 0 heterocycles. The van der Waals surface area contributed by atoms with E-state index in [1.165, 1.54) is 40.2 Å². The zero-order valence-electron chi connectivity index (χ0n) is 27.9. The Bertz CT molecular complexity index is 1490. The number of carbonyl (C=O) groups excluding carboxylic acids is 4. The molecule has 2 atom stereocenters. The van der Waals surface area contributed by atoms with Gasteiger partial charge in [-0.2, -0.15) is 0 Å². The number of aliphatic hydroxyl groups excluding tert-OH is 1. The van der Waals surface area contributed by atoms with Crippen LogP contribution in [0.25, 0.3) is 0 Å². The van der Waals surface area contributed by atoms with Crippen molar-refractivity contribution in [2.24, 2.45) is 0 Å². The average Bonchev–Trinajstić information content (AvgIpc) is 3.04. The van der Waals surface area contributed by atoms with Gasteiger partial charge in [0.25, 0.3) is 17.7 Å². The van der Waals surface area contributed by atoms with E-state index in [2.05, 4.69) is 10.7 Å². The zero-order valence-corrected chi connectivity index (χ0v) is 27.9. The van der Waals surface area contributed by atoms with Gasteiger partial charge in [0.05, 0.1) is 18.6 Å². The smallest absolute Gasteiger partial charge is 0.253 e. The summed E-state index contributed by atoms with van der Waals surface area (Å²) in [4.78, 5) is 56.1. The Labute approximate surface area is 277 Å². The number of phenolic OH excluding ortho intramolecular Hbond substituents is 1. The predicted molar refractivity (Wildman–Crippen MR) is 181 cm³/mol. The SMILES string of the molecule is CCCN(CCC)C(=O)c1cc(C(=O)NC(Cc2ccc(O)cc2)C(O)CN(C)NC(=O)Cc2ccccc2)cc(C(=O)N(C)C)c1. The minimum atomic E-state index is -1.15. The van der Waals surface area contributed by atoms with Crippen molar-refractivity contribution in [3.63, 3.8) is 0 Å². The lowest BCUT2D eigenvalue weighted by atomic mass is 9.99. The first-order chi connectivity index (χ1) is 22.4. The third-order valence-electron chi connectivity index (χ3n) is 7.53. The van der Waals surface area contributed by atoms with E-state index in [1.807, 2.05) is 44.2 Å². The predicted octanol–water partition coefficient (Wildman–Crippen LogP) is 3.26. The molecule has 0 aromatic heterocycles. The number of aliphatic hydroxyl groups is 1. The van der Waals surface area contributed by atoms with Crippen LogP contribution in [0.3, 0.4) is 0 Å². The van der Waals surface area contributed by atoms with Crippen LogP contribution in [0, 0.1) is 0 Å². The number of nitrogens with zero attached hydrogens (tertiary/aromatic N) is 3. The maximum Gasteiger partial charge on any atom is 0.253 e. The summed E-state index contributed by atoms with van der Waals surface area (Å²) in [6.07, 6.45) is 0.723. The number of aromatic hydroxyl groups is 1. The van der Waals surface area contributed by atoms with Gasteiger partial charge in [-0.1, -0.05) is 56.3 Å². The molecule has 0 aliphatic carbocycles. The molecule has 0 saturated heterocycles. The van der Waals surface area contributed by atoms with Crippen molar-refractivity contribution in [2.45, 2.75) is 51.7 Å². The topological polar surface area (TPSA) is 143 Å². The van der Waals surface area contributed by atoms with Gasteiger partial charge in [-0.25, -0.2) is 5.01 Å². The number of rotatable bonds is 16. The second kappa shape index (κ2) is 17.8. The Kier molecular flexibility index (Phi) is 13.9. The van der Waals surface area contributed by atoms with E-state index in [1.54, 1.807) is 38.2 Å². The van der Waals surface area contributed by atoms with Crippen LogP contribution < -0.4 is 10.7 Å². The van der Waals surface area contributed by atoms with Crippen LogP contribution in [0.2, 0.25) is 0 Å². The van der Waals surface area contributed by atoms with Crippen LogP contribution in [0.4, 0.5) is 0 Å². The molecule has 0 aliphatic heterocycles. The number of likely N-dealkylation sites (N-methyl/N-ethyl adjacent to an activating group) is 1. The Balaban J connectivity index is 1.88. The molecule has 3 rings (SSSR count). The maximum absolute atomic E-state index is 13.8. The Morgan fingerprint density at radius 1 is 0.766 bits per heavy atom. The fourth-order valence-electron chi connectivity index (χ4n) is 5.21. The van der Waals surface area contributed by atoms with Crippen molar-refractivity contribution >= 4 is 23.6 Å².